The fourth-order valence-electron chi connectivity index (χ4n) is 1.66. The monoisotopic (exact) mass is 225 g/mol. The van der Waals surface area contributed by atoms with Crippen LogP contribution < -0.4 is 5.32 Å². The Morgan fingerprint density at radius 1 is 1.53 bits per heavy atom. The van der Waals surface area contributed by atoms with Crippen molar-refractivity contribution in [3.05, 3.63) is 16.6 Å². The van der Waals surface area contributed by atoms with Crippen LogP contribution in [0.5, 0.6) is 0 Å². The Morgan fingerprint density at radius 3 is 3.00 bits per heavy atom. The van der Waals surface area contributed by atoms with Crippen LogP contribution in [0.15, 0.2) is 11.6 Å². The van der Waals surface area contributed by atoms with Crippen molar-refractivity contribution in [3.63, 3.8) is 0 Å². The van der Waals surface area contributed by atoms with Gasteiger partial charge in [0.25, 0.3) is 0 Å². The lowest BCUT2D eigenvalue weighted by Gasteiger charge is -2.27. The zero-order valence-corrected chi connectivity index (χ0v) is 9.42. The predicted molar refractivity (Wildman–Crippen MR) is 59.9 cm³/mol. The SMILES string of the molecule is O=C(CCc1nccs1)N1CCNCC1. The zero-order chi connectivity index (χ0) is 10.5. The summed E-state index contributed by atoms with van der Waals surface area (Å²) in [5.74, 6) is 0.256. The third-order valence-corrected chi connectivity index (χ3v) is 3.35. The largest absolute Gasteiger partial charge is 0.340 e. The summed E-state index contributed by atoms with van der Waals surface area (Å²) in [5, 5.41) is 6.24. The minimum absolute atomic E-state index is 0.256. The van der Waals surface area contributed by atoms with E-state index < -0.39 is 0 Å². The zero-order valence-electron chi connectivity index (χ0n) is 8.61. The first-order valence-corrected chi connectivity index (χ1v) is 6.11. The summed E-state index contributed by atoms with van der Waals surface area (Å²) in [6.45, 7) is 3.53. The summed E-state index contributed by atoms with van der Waals surface area (Å²) >= 11 is 1.62. The molecule has 1 aliphatic heterocycles. The number of carbonyl (C=O) groups is 1. The first kappa shape index (κ1) is 10.6. The molecule has 5 heteroatoms. The van der Waals surface area contributed by atoms with Gasteiger partial charge < -0.3 is 10.2 Å². The molecule has 1 aromatic rings. The number of thiazole rings is 1. The number of nitrogens with one attached hydrogen (secondary N) is 1. The lowest BCUT2D eigenvalue weighted by molar-refractivity contribution is -0.131. The first-order valence-electron chi connectivity index (χ1n) is 5.23. The topological polar surface area (TPSA) is 45.2 Å². The van der Waals surface area contributed by atoms with E-state index in [1.165, 1.54) is 0 Å². The maximum Gasteiger partial charge on any atom is 0.223 e. The molecule has 0 radical (unpaired) electrons. The van der Waals surface area contributed by atoms with Crippen LogP contribution in [0, 0.1) is 0 Å². The molecule has 1 saturated heterocycles. The highest BCUT2D eigenvalue weighted by Gasteiger charge is 2.15. The molecule has 1 fully saturated rings. The molecule has 0 spiro atoms. The van der Waals surface area contributed by atoms with Gasteiger partial charge in [-0.05, 0) is 0 Å². The molecule has 0 unspecified atom stereocenters. The summed E-state index contributed by atoms with van der Waals surface area (Å²) in [7, 11) is 0. The van der Waals surface area contributed by atoms with Gasteiger partial charge in [0.05, 0.1) is 5.01 Å². The highest BCUT2D eigenvalue weighted by atomic mass is 32.1. The predicted octanol–water partition coefficient (Wildman–Crippen LogP) is 0.508. The van der Waals surface area contributed by atoms with Crippen molar-refractivity contribution in [2.24, 2.45) is 0 Å². The third kappa shape index (κ3) is 3.00. The number of piperazine rings is 1. The second-order valence-corrected chi connectivity index (χ2v) is 4.54. The van der Waals surface area contributed by atoms with Crippen molar-refractivity contribution in [1.82, 2.24) is 15.2 Å². The number of hydrogen-bond donors (Lipinski definition) is 1. The number of hydrogen-bond acceptors (Lipinski definition) is 4. The van der Waals surface area contributed by atoms with Gasteiger partial charge in [-0.15, -0.1) is 11.3 Å². The molecule has 15 heavy (non-hydrogen) atoms. The van der Waals surface area contributed by atoms with E-state index in [-0.39, 0.29) is 5.91 Å². The molecule has 1 N–H and O–H groups in total. The summed E-state index contributed by atoms with van der Waals surface area (Å²) in [5.41, 5.74) is 0. The Morgan fingerprint density at radius 2 is 2.33 bits per heavy atom. The smallest absolute Gasteiger partial charge is 0.223 e. The Kier molecular flexibility index (Phi) is 3.69. The molecule has 0 bridgehead atoms. The van der Waals surface area contributed by atoms with Crippen LogP contribution in [0.1, 0.15) is 11.4 Å². The van der Waals surface area contributed by atoms with Gasteiger partial charge >= 0.3 is 0 Å². The van der Waals surface area contributed by atoms with E-state index in [9.17, 15) is 4.79 Å². The molecule has 82 valence electrons. The van der Waals surface area contributed by atoms with Crippen molar-refractivity contribution < 1.29 is 4.79 Å². The van der Waals surface area contributed by atoms with E-state index in [1.807, 2.05) is 10.3 Å². The van der Waals surface area contributed by atoms with Gasteiger partial charge in [-0.25, -0.2) is 4.98 Å². The molecule has 0 aliphatic carbocycles. The lowest BCUT2D eigenvalue weighted by atomic mass is 10.2. The van der Waals surface area contributed by atoms with Crippen molar-refractivity contribution in [2.75, 3.05) is 26.2 Å². The second-order valence-electron chi connectivity index (χ2n) is 3.56. The summed E-state index contributed by atoms with van der Waals surface area (Å²) in [4.78, 5) is 17.9. The van der Waals surface area contributed by atoms with Gasteiger partial charge in [0, 0.05) is 50.6 Å². The highest BCUT2D eigenvalue weighted by Crippen LogP contribution is 2.08. The van der Waals surface area contributed by atoms with Crippen LogP contribution in [0.2, 0.25) is 0 Å². The summed E-state index contributed by atoms with van der Waals surface area (Å²) in [6.07, 6.45) is 3.16. The Balaban J connectivity index is 1.76. The van der Waals surface area contributed by atoms with Crippen LogP contribution in [0.25, 0.3) is 0 Å². The van der Waals surface area contributed by atoms with Crippen molar-refractivity contribution in [1.29, 1.82) is 0 Å². The third-order valence-electron chi connectivity index (χ3n) is 2.51. The normalized spacial score (nSPS) is 16.7. The van der Waals surface area contributed by atoms with Crippen molar-refractivity contribution in [3.8, 4) is 0 Å². The molecule has 1 amide bonds. The van der Waals surface area contributed by atoms with Gasteiger partial charge in [-0.2, -0.15) is 0 Å². The van der Waals surface area contributed by atoms with E-state index in [0.29, 0.717) is 6.42 Å². The Labute approximate surface area is 93.3 Å². The number of amides is 1. The van der Waals surface area contributed by atoms with Crippen LogP contribution in [-0.4, -0.2) is 42.0 Å². The van der Waals surface area contributed by atoms with Crippen LogP contribution in [-0.2, 0) is 11.2 Å². The summed E-state index contributed by atoms with van der Waals surface area (Å²) < 4.78 is 0. The molecular weight excluding hydrogens is 210 g/mol. The quantitative estimate of drug-likeness (QED) is 0.815. The van der Waals surface area contributed by atoms with E-state index >= 15 is 0 Å². The second kappa shape index (κ2) is 5.23. The standard InChI is InChI=1S/C10H15N3OS/c14-10(13-6-3-11-4-7-13)2-1-9-12-5-8-15-9/h5,8,11H,1-4,6-7H2. The fraction of sp³-hybridized carbons (Fsp3) is 0.600. The Hall–Kier alpha value is -0.940. The molecule has 0 atom stereocenters. The molecule has 2 heterocycles. The number of aryl methyl sites for hydroxylation is 1. The van der Waals surface area contributed by atoms with Crippen LogP contribution in [0.4, 0.5) is 0 Å². The summed E-state index contributed by atoms with van der Waals surface area (Å²) in [6, 6.07) is 0. The minimum atomic E-state index is 0.256. The van der Waals surface area contributed by atoms with Crippen molar-refractivity contribution in [2.45, 2.75) is 12.8 Å². The molecule has 0 saturated carbocycles. The number of aromatic nitrogens is 1. The average Bonchev–Trinajstić information content (AvgIpc) is 2.80. The number of rotatable bonds is 3. The molecule has 4 nitrogen and oxygen atoms in total. The number of carbonyl (C=O) groups excluding carboxylic acids is 1. The lowest BCUT2D eigenvalue weighted by Crippen LogP contribution is -2.46. The average molecular weight is 225 g/mol. The first-order chi connectivity index (χ1) is 7.36. The highest BCUT2D eigenvalue weighted by molar-refractivity contribution is 7.09. The Bertz CT molecular complexity index is 306. The fourth-order valence-corrected chi connectivity index (χ4v) is 2.28. The van der Waals surface area contributed by atoms with Gasteiger partial charge in [0.1, 0.15) is 0 Å². The van der Waals surface area contributed by atoms with E-state index in [2.05, 4.69) is 10.3 Å². The molecular formula is C10H15N3OS. The molecule has 1 aromatic heterocycles. The van der Waals surface area contributed by atoms with Crippen molar-refractivity contribution >= 4 is 17.2 Å². The van der Waals surface area contributed by atoms with E-state index in [4.69, 9.17) is 0 Å². The van der Waals surface area contributed by atoms with Gasteiger partial charge in [-0.3, -0.25) is 4.79 Å². The molecule has 0 aromatic carbocycles. The van der Waals surface area contributed by atoms with Crippen LogP contribution >= 0.6 is 11.3 Å². The van der Waals surface area contributed by atoms with Gasteiger partial charge in [0.15, 0.2) is 0 Å². The van der Waals surface area contributed by atoms with E-state index in [0.717, 1.165) is 37.6 Å². The van der Waals surface area contributed by atoms with Crippen LogP contribution in [0.3, 0.4) is 0 Å². The minimum Gasteiger partial charge on any atom is -0.340 e. The van der Waals surface area contributed by atoms with E-state index in [1.54, 1.807) is 17.5 Å². The molecule has 1 aliphatic rings. The van der Waals surface area contributed by atoms with Gasteiger partial charge in [-0.1, -0.05) is 0 Å². The number of nitrogens with zero attached hydrogens (tertiary/aromatic N) is 2. The maximum absolute atomic E-state index is 11.8. The maximum atomic E-state index is 11.8. The van der Waals surface area contributed by atoms with Gasteiger partial charge in [0.2, 0.25) is 5.91 Å². The molecule has 2 rings (SSSR count).